The summed E-state index contributed by atoms with van der Waals surface area (Å²) in [5.41, 5.74) is 8.36. The summed E-state index contributed by atoms with van der Waals surface area (Å²) >= 11 is 3.47. The number of aromatic nitrogens is 1. The van der Waals surface area contributed by atoms with Crippen molar-refractivity contribution in [2.24, 2.45) is 0 Å². The fourth-order valence-corrected chi connectivity index (χ4v) is 2.89. The van der Waals surface area contributed by atoms with Crippen LogP contribution in [0, 0.1) is 0 Å². The van der Waals surface area contributed by atoms with Crippen LogP contribution in [-0.4, -0.2) is 16.3 Å². The molecule has 124 valence electrons. The molecule has 0 aliphatic heterocycles. The lowest BCUT2D eigenvalue weighted by atomic mass is 10.1. The van der Waals surface area contributed by atoms with Crippen molar-refractivity contribution in [3.63, 3.8) is 0 Å². The fraction of sp³-hybridized carbons (Fsp3) is 0.211. The Bertz CT molecular complexity index is 906. The number of nitrogen functional groups attached to an aromatic ring is 1. The first-order valence-corrected chi connectivity index (χ1v) is 8.44. The van der Waals surface area contributed by atoms with Crippen LogP contribution in [0.4, 0.5) is 10.5 Å². The zero-order chi connectivity index (χ0) is 17.5. The highest BCUT2D eigenvalue weighted by molar-refractivity contribution is 9.10. The van der Waals surface area contributed by atoms with Crippen molar-refractivity contribution in [2.75, 3.05) is 5.73 Å². The molecule has 24 heavy (non-hydrogen) atoms. The summed E-state index contributed by atoms with van der Waals surface area (Å²) < 4.78 is 8.11. The third-order valence-corrected chi connectivity index (χ3v) is 4.04. The largest absolute Gasteiger partial charge is 0.443 e. The molecule has 4 nitrogen and oxygen atoms in total. The van der Waals surface area contributed by atoms with E-state index in [0.717, 1.165) is 26.6 Å². The monoisotopic (exact) mass is 386 g/mol. The first kappa shape index (κ1) is 16.6. The van der Waals surface area contributed by atoms with Crippen molar-refractivity contribution < 1.29 is 9.53 Å². The zero-order valence-electron chi connectivity index (χ0n) is 13.8. The lowest BCUT2D eigenvalue weighted by Gasteiger charge is -2.21. The summed E-state index contributed by atoms with van der Waals surface area (Å²) in [6, 6.07) is 15.3. The predicted molar refractivity (Wildman–Crippen MR) is 101 cm³/mol. The first-order chi connectivity index (χ1) is 11.2. The molecule has 0 saturated heterocycles. The normalized spacial score (nSPS) is 11.7. The van der Waals surface area contributed by atoms with Crippen molar-refractivity contribution in [3.05, 3.63) is 53.0 Å². The van der Waals surface area contributed by atoms with Gasteiger partial charge in [-0.05, 0) is 56.7 Å². The molecule has 1 heterocycles. The predicted octanol–water partition coefficient (Wildman–Crippen LogP) is 5.44. The summed E-state index contributed by atoms with van der Waals surface area (Å²) in [4.78, 5) is 12.8. The van der Waals surface area contributed by atoms with E-state index in [1.807, 2.05) is 69.3 Å². The van der Waals surface area contributed by atoms with Gasteiger partial charge in [0.1, 0.15) is 5.60 Å². The second-order valence-corrected chi connectivity index (χ2v) is 7.59. The minimum atomic E-state index is -0.571. The van der Waals surface area contributed by atoms with Gasteiger partial charge in [0, 0.05) is 15.5 Å². The topological polar surface area (TPSA) is 57.2 Å². The molecule has 0 bridgehead atoms. The molecule has 0 amide bonds. The van der Waals surface area contributed by atoms with Crippen LogP contribution < -0.4 is 5.73 Å². The summed E-state index contributed by atoms with van der Waals surface area (Å²) in [5, 5.41) is 0.968. The number of halogens is 1. The standard InChI is InChI=1S/C19H19BrN2O2/c1-19(2,3)24-18(23)22-16(12-5-8-15(21)9-6-12)10-13-4-7-14(20)11-17(13)22/h4-11H,21H2,1-3H3. The Hall–Kier alpha value is -2.27. The molecule has 0 unspecified atom stereocenters. The van der Waals surface area contributed by atoms with Crippen LogP contribution in [0.3, 0.4) is 0 Å². The van der Waals surface area contributed by atoms with Gasteiger partial charge >= 0.3 is 6.09 Å². The highest BCUT2D eigenvalue weighted by Crippen LogP contribution is 2.31. The summed E-state index contributed by atoms with van der Waals surface area (Å²) in [6.45, 7) is 5.57. The van der Waals surface area contributed by atoms with Crippen LogP contribution in [0.1, 0.15) is 20.8 Å². The number of nitrogens with zero attached hydrogens (tertiary/aromatic N) is 1. The molecule has 3 rings (SSSR count). The smallest absolute Gasteiger partial charge is 0.419 e. The Morgan fingerprint density at radius 3 is 2.38 bits per heavy atom. The van der Waals surface area contributed by atoms with Gasteiger partial charge in [-0.3, -0.25) is 0 Å². The van der Waals surface area contributed by atoms with Gasteiger partial charge in [0.05, 0.1) is 11.2 Å². The molecule has 0 saturated carbocycles. The van der Waals surface area contributed by atoms with E-state index in [9.17, 15) is 4.79 Å². The molecule has 2 aromatic carbocycles. The highest BCUT2D eigenvalue weighted by atomic mass is 79.9. The molecule has 5 heteroatoms. The average Bonchev–Trinajstić information content (AvgIpc) is 2.84. The van der Waals surface area contributed by atoms with Crippen molar-refractivity contribution in [1.82, 2.24) is 4.57 Å². The van der Waals surface area contributed by atoms with Gasteiger partial charge in [-0.2, -0.15) is 0 Å². The number of carbonyl (C=O) groups is 1. The number of benzene rings is 2. The number of rotatable bonds is 1. The van der Waals surface area contributed by atoms with Gasteiger partial charge in [0.15, 0.2) is 0 Å². The zero-order valence-corrected chi connectivity index (χ0v) is 15.4. The molecule has 0 aliphatic rings. The number of ether oxygens (including phenoxy) is 1. The van der Waals surface area contributed by atoms with E-state index in [4.69, 9.17) is 10.5 Å². The molecular weight excluding hydrogens is 368 g/mol. The Kier molecular flexibility index (Phi) is 4.13. The Morgan fingerprint density at radius 2 is 1.75 bits per heavy atom. The van der Waals surface area contributed by atoms with E-state index < -0.39 is 11.7 Å². The van der Waals surface area contributed by atoms with E-state index in [-0.39, 0.29) is 0 Å². The van der Waals surface area contributed by atoms with Crippen molar-refractivity contribution in [2.45, 2.75) is 26.4 Å². The van der Waals surface area contributed by atoms with Crippen molar-refractivity contribution in [1.29, 1.82) is 0 Å². The van der Waals surface area contributed by atoms with Gasteiger partial charge in [-0.1, -0.05) is 34.1 Å². The SMILES string of the molecule is CC(C)(C)OC(=O)n1c(-c2ccc(N)cc2)cc2ccc(Br)cc21. The quantitative estimate of drug-likeness (QED) is 0.566. The lowest BCUT2D eigenvalue weighted by molar-refractivity contribution is 0.0547. The van der Waals surface area contributed by atoms with Crippen molar-refractivity contribution >= 4 is 38.6 Å². The van der Waals surface area contributed by atoms with Gasteiger partial charge in [0.25, 0.3) is 0 Å². The minimum absolute atomic E-state index is 0.401. The summed E-state index contributed by atoms with van der Waals surface area (Å²) in [6.07, 6.45) is -0.401. The van der Waals surface area contributed by atoms with Crippen LogP contribution in [0.2, 0.25) is 0 Å². The fourth-order valence-electron chi connectivity index (χ4n) is 2.54. The van der Waals surface area contributed by atoms with Crippen LogP contribution >= 0.6 is 15.9 Å². The van der Waals surface area contributed by atoms with Gasteiger partial charge in [-0.25, -0.2) is 9.36 Å². The number of hydrogen-bond donors (Lipinski definition) is 1. The second-order valence-electron chi connectivity index (χ2n) is 6.67. The second kappa shape index (κ2) is 5.98. The van der Waals surface area contributed by atoms with Crippen LogP contribution in [0.5, 0.6) is 0 Å². The van der Waals surface area contributed by atoms with E-state index in [2.05, 4.69) is 15.9 Å². The molecule has 0 fully saturated rings. The number of hydrogen-bond acceptors (Lipinski definition) is 3. The molecule has 2 N–H and O–H groups in total. The summed E-state index contributed by atoms with van der Waals surface area (Å²) in [5.74, 6) is 0. The number of fused-ring (bicyclic) bond motifs is 1. The van der Waals surface area contributed by atoms with Gasteiger partial charge < -0.3 is 10.5 Å². The van der Waals surface area contributed by atoms with E-state index in [1.54, 1.807) is 4.57 Å². The summed E-state index contributed by atoms with van der Waals surface area (Å²) in [7, 11) is 0. The maximum atomic E-state index is 12.8. The van der Waals surface area contributed by atoms with Crippen LogP contribution in [-0.2, 0) is 4.74 Å². The molecule has 3 aromatic rings. The molecule has 0 atom stereocenters. The Labute approximate surface area is 149 Å². The third-order valence-electron chi connectivity index (χ3n) is 3.55. The Balaban J connectivity index is 2.22. The first-order valence-electron chi connectivity index (χ1n) is 7.65. The van der Waals surface area contributed by atoms with Gasteiger partial charge in [-0.15, -0.1) is 0 Å². The number of anilines is 1. The molecule has 1 aromatic heterocycles. The minimum Gasteiger partial charge on any atom is -0.443 e. The molecule has 0 radical (unpaired) electrons. The maximum Gasteiger partial charge on any atom is 0.419 e. The maximum absolute atomic E-state index is 12.8. The lowest BCUT2D eigenvalue weighted by Crippen LogP contribution is -2.27. The molecule has 0 aliphatic carbocycles. The average molecular weight is 387 g/mol. The van der Waals surface area contributed by atoms with Crippen LogP contribution in [0.25, 0.3) is 22.2 Å². The van der Waals surface area contributed by atoms with Crippen LogP contribution in [0.15, 0.2) is 53.0 Å². The highest BCUT2D eigenvalue weighted by Gasteiger charge is 2.22. The van der Waals surface area contributed by atoms with Crippen molar-refractivity contribution in [3.8, 4) is 11.3 Å². The van der Waals surface area contributed by atoms with Gasteiger partial charge in [0.2, 0.25) is 0 Å². The molecule has 0 spiro atoms. The Morgan fingerprint density at radius 1 is 1.08 bits per heavy atom. The number of carbonyl (C=O) groups excluding carboxylic acids is 1. The van der Waals surface area contributed by atoms with E-state index >= 15 is 0 Å². The van der Waals surface area contributed by atoms with E-state index in [0.29, 0.717) is 5.69 Å². The number of nitrogens with two attached hydrogens (primary N) is 1. The third kappa shape index (κ3) is 3.31. The van der Waals surface area contributed by atoms with E-state index in [1.165, 1.54) is 0 Å². The molecular formula is C19H19BrN2O2.